The maximum absolute atomic E-state index is 12.2. The van der Waals surface area contributed by atoms with Crippen LogP contribution in [0.25, 0.3) is 0 Å². The minimum Gasteiger partial charge on any atom is -0.480 e. The van der Waals surface area contributed by atoms with Gasteiger partial charge >= 0.3 is 12.0 Å². The Morgan fingerprint density at radius 3 is 2.52 bits per heavy atom. The van der Waals surface area contributed by atoms with Crippen molar-refractivity contribution in [3.05, 3.63) is 29.3 Å². The molecule has 0 spiro atoms. The van der Waals surface area contributed by atoms with E-state index in [0.29, 0.717) is 36.9 Å². The molecule has 2 N–H and O–H groups in total. The molecule has 0 aliphatic carbocycles. The van der Waals surface area contributed by atoms with Crippen LogP contribution >= 0.6 is 11.6 Å². The van der Waals surface area contributed by atoms with E-state index in [-0.39, 0.29) is 12.6 Å². The number of urea groups is 1. The number of carbonyl (C=O) groups excluding carboxylic acids is 1. The molecule has 0 saturated carbocycles. The van der Waals surface area contributed by atoms with Gasteiger partial charge in [-0.25, -0.2) is 4.79 Å². The number of anilines is 1. The van der Waals surface area contributed by atoms with E-state index in [1.807, 2.05) is 4.90 Å². The summed E-state index contributed by atoms with van der Waals surface area (Å²) in [7, 11) is 0. The fourth-order valence-electron chi connectivity index (χ4n) is 2.26. The second-order valence-corrected chi connectivity index (χ2v) is 5.38. The quantitative estimate of drug-likeness (QED) is 0.895. The van der Waals surface area contributed by atoms with E-state index in [4.69, 9.17) is 16.7 Å². The third-order valence-electron chi connectivity index (χ3n) is 3.33. The molecule has 0 radical (unpaired) electrons. The second kappa shape index (κ2) is 7.28. The molecular formula is C14H18ClN3O3. The summed E-state index contributed by atoms with van der Waals surface area (Å²) < 4.78 is 0. The molecule has 6 nitrogen and oxygen atoms in total. The molecule has 1 aromatic carbocycles. The maximum Gasteiger partial charge on any atom is 0.321 e. The van der Waals surface area contributed by atoms with Gasteiger partial charge in [-0.3, -0.25) is 9.69 Å². The number of hydrogen-bond acceptors (Lipinski definition) is 3. The lowest BCUT2D eigenvalue weighted by atomic mass is 10.3. The first-order valence-electron chi connectivity index (χ1n) is 6.80. The number of carboxylic acid groups (broad SMARTS) is 1. The van der Waals surface area contributed by atoms with Crippen molar-refractivity contribution in [3.8, 4) is 0 Å². The Kier molecular flexibility index (Phi) is 5.41. The average Bonchev–Trinajstić information content (AvgIpc) is 2.66. The van der Waals surface area contributed by atoms with Gasteiger partial charge in [0.25, 0.3) is 0 Å². The van der Waals surface area contributed by atoms with Gasteiger partial charge in [0.15, 0.2) is 0 Å². The summed E-state index contributed by atoms with van der Waals surface area (Å²) in [6, 6.07) is 6.75. The largest absolute Gasteiger partial charge is 0.480 e. The van der Waals surface area contributed by atoms with Crippen molar-refractivity contribution in [2.45, 2.75) is 6.42 Å². The van der Waals surface area contributed by atoms with Gasteiger partial charge in [-0.15, -0.1) is 0 Å². The Hall–Kier alpha value is -1.79. The highest BCUT2D eigenvalue weighted by Gasteiger charge is 2.20. The summed E-state index contributed by atoms with van der Waals surface area (Å²) in [6.07, 6.45) is 0.765. The van der Waals surface area contributed by atoms with Crippen molar-refractivity contribution in [3.63, 3.8) is 0 Å². The molecular weight excluding hydrogens is 294 g/mol. The van der Waals surface area contributed by atoms with Crippen molar-refractivity contribution in [2.24, 2.45) is 0 Å². The van der Waals surface area contributed by atoms with E-state index in [2.05, 4.69) is 5.32 Å². The molecule has 2 amide bonds. The molecule has 0 atom stereocenters. The molecule has 114 valence electrons. The van der Waals surface area contributed by atoms with E-state index in [0.717, 1.165) is 6.42 Å². The van der Waals surface area contributed by atoms with Crippen LogP contribution in [0.5, 0.6) is 0 Å². The second-order valence-electron chi connectivity index (χ2n) is 4.95. The first-order chi connectivity index (χ1) is 10.0. The molecule has 0 unspecified atom stereocenters. The molecule has 0 bridgehead atoms. The number of halogens is 1. The van der Waals surface area contributed by atoms with Gasteiger partial charge in [0.05, 0.1) is 6.54 Å². The minimum absolute atomic E-state index is 0.0205. The van der Waals surface area contributed by atoms with Gasteiger partial charge in [0.1, 0.15) is 0 Å². The van der Waals surface area contributed by atoms with E-state index in [1.165, 1.54) is 0 Å². The van der Waals surface area contributed by atoms with E-state index >= 15 is 0 Å². The SMILES string of the molecule is O=C(O)CN1CCCN(C(=O)Nc2ccc(Cl)cc2)CC1. The van der Waals surface area contributed by atoms with Crippen molar-refractivity contribution >= 4 is 29.3 Å². The van der Waals surface area contributed by atoms with E-state index in [1.54, 1.807) is 29.2 Å². The Balaban J connectivity index is 1.88. The lowest BCUT2D eigenvalue weighted by molar-refractivity contribution is -0.138. The minimum atomic E-state index is -0.839. The average molecular weight is 312 g/mol. The number of aliphatic carboxylic acids is 1. The molecule has 1 aliphatic rings. The van der Waals surface area contributed by atoms with Crippen LogP contribution < -0.4 is 5.32 Å². The highest BCUT2D eigenvalue weighted by atomic mass is 35.5. The van der Waals surface area contributed by atoms with Crippen molar-refractivity contribution < 1.29 is 14.7 Å². The number of benzene rings is 1. The van der Waals surface area contributed by atoms with Crippen LogP contribution in [0.1, 0.15) is 6.42 Å². The summed E-state index contributed by atoms with van der Waals surface area (Å²) in [5.41, 5.74) is 0.691. The Morgan fingerprint density at radius 2 is 1.86 bits per heavy atom. The molecule has 7 heteroatoms. The third kappa shape index (κ3) is 4.91. The third-order valence-corrected chi connectivity index (χ3v) is 3.58. The maximum atomic E-state index is 12.2. The normalized spacial score (nSPS) is 16.3. The van der Waals surface area contributed by atoms with E-state index < -0.39 is 5.97 Å². The number of nitrogens with one attached hydrogen (secondary N) is 1. The van der Waals surface area contributed by atoms with Crippen LogP contribution in [0.4, 0.5) is 10.5 Å². The zero-order valence-electron chi connectivity index (χ0n) is 11.6. The van der Waals surface area contributed by atoms with Gasteiger partial charge in [-0.2, -0.15) is 0 Å². The summed E-state index contributed by atoms with van der Waals surface area (Å²) in [6.45, 7) is 2.42. The van der Waals surface area contributed by atoms with Crippen molar-refractivity contribution in [1.29, 1.82) is 0 Å². The van der Waals surface area contributed by atoms with Crippen LogP contribution in [-0.4, -0.2) is 59.6 Å². The molecule has 1 fully saturated rings. The van der Waals surface area contributed by atoms with Gasteiger partial charge in [-0.1, -0.05) is 11.6 Å². The Labute approximate surface area is 128 Å². The summed E-state index contributed by atoms with van der Waals surface area (Å²) in [4.78, 5) is 26.4. The van der Waals surface area contributed by atoms with Crippen molar-refractivity contribution in [2.75, 3.05) is 38.0 Å². The smallest absolute Gasteiger partial charge is 0.321 e. The predicted octanol–water partition coefficient (Wildman–Crippen LogP) is 1.96. The first kappa shape index (κ1) is 15.6. The zero-order valence-corrected chi connectivity index (χ0v) is 12.3. The Bertz CT molecular complexity index is 507. The lowest BCUT2D eigenvalue weighted by Crippen LogP contribution is -2.38. The highest BCUT2D eigenvalue weighted by Crippen LogP contribution is 2.14. The van der Waals surface area contributed by atoms with Gasteiger partial charge in [-0.05, 0) is 30.7 Å². The molecule has 1 aliphatic heterocycles. The predicted molar refractivity (Wildman–Crippen MR) is 80.7 cm³/mol. The Morgan fingerprint density at radius 1 is 1.14 bits per heavy atom. The number of hydrogen-bond donors (Lipinski definition) is 2. The van der Waals surface area contributed by atoms with Crippen LogP contribution in [0.3, 0.4) is 0 Å². The molecule has 1 saturated heterocycles. The van der Waals surface area contributed by atoms with Crippen LogP contribution in [0, 0.1) is 0 Å². The molecule has 1 aromatic rings. The molecule has 0 aromatic heterocycles. The first-order valence-corrected chi connectivity index (χ1v) is 7.18. The fraction of sp³-hybridized carbons (Fsp3) is 0.429. The number of nitrogens with zero attached hydrogens (tertiary/aromatic N) is 2. The molecule has 2 rings (SSSR count). The summed E-state index contributed by atoms with van der Waals surface area (Å²) >= 11 is 5.80. The summed E-state index contributed by atoms with van der Waals surface area (Å²) in [5, 5.41) is 12.2. The number of amides is 2. The number of carboxylic acids is 1. The van der Waals surface area contributed by atoms with Gasteiger partial charge < -0.3 is 15.3 Å². The van der Waals surface area contributed by atoms with Crippen LogP contribution in [0.2, 0.25) is 5.02 Å². The van der Waals surface area contributed by atoms with Gasteiger partial charge in [0.2, 0.25) is 0 Å². The highest BCUT2D eigenvalue weighted by molar-refractivity contribution is 6.30. The molecule has 1 heterocycles. The fourth-order valence-corrected chi connectivity index (χ4v) is 2.39. The van der Waals surface area contributed by atoms with Gasteiger partial charge in [0, 0.05) is 36.9 Å². The van der Waals surface area contributed by atoms with Crippen LogP contribution in [0.15, 0.2) is 24.3 Å². The topological polar surface area (TPSA) is 72.9 Å². The van der Waals surface area contributed by atoms with Crippen LogP contribution in [-0.2, 0) is 4.79 Å². The van der Waals surface area contributed by atoms with Crippen molar-refractivity contribution in [1.82, 2.24) is 9.80 Å². The number of carbonyl (C=O) groups is 2. The lowest BCUT2D eigenvalue weighted by Gasteiger charge is -2.21. The number of rotatable bonds is 3. The monoisotopic (exact) mass is 311 g/mol. The zero-order chi connectivity index (χ0) is 15.2. The summed E-state index contributed by atoms with van der Waals surface area (Å²) in [5.74, 6) is -0.839. The standard InChI is InChI=1S/C14H18ClN3O3/c15-11-2-4-12(5-3-11)16-14(21)18-7-1-6-17(8-9-18)10-13(19)20/h2-5H,1,6-10H2,(H,16,21)(H,19,20). The van der Waals surface area contributed by atoms with E-state index in [9.17, 15) is 9.59 Å². The molecule has 21 heavy (non-hydrogen) atoms.